The highest BCUT2D eigenvalue weighted by Crippen LogP contribution is 2.27. The molecule has 1 aromatic carbocycles. The van der Waals surface area contributed by atoms with Crippen molar-refractivity contribution < 1.29 is 14.8 Å². The summed E-state index contributed by atoms with van der Waals surface area (Å²) in [5.41, 5.74) is 0.829. The third-order valence-corrected chi connectivity index (χ3v) is 2.25. The topological polar surface area (TPSA) is 80.4 Å². The summed E-state index contributed by atoms with van der Waals surface area (Å²) in [7, 11) is 0. The second-order valence-corrected chi connectivity index (χ2v) is 3.46. The van der Waals surface area contributed by atoms with Crippen LogP contribution in [0.15, 0.2) is 12.1 Å². The molecule has 0 radical (unpaired) electrons. The van der Waals surface area contributed by atoms with Crippen molar-refractivity contribution in [3.05, 3.63) is 38.4 Å². The predicted molar refractivity (Wildman–Crippen MR) is 54.2 cm³/mol. The Morgan fingerprint density at radius 1 is 1.60 bits per heavy atom. The molecule has 0 saturated carbocycles. The van der Waals surface area contributed by atoms with Crippen molar-refractivity contribution in [2.45, 2.75) is 13.3 Å². The van der Waals surface area contributed by atoms with Gasteiger partial charge >= 0.3 is 5.97 Å². The minimum absolute atomic E-state index is 0.0400. The third kappa shape index (κ3) is 2.66. The predicted octanol–water partition coefficient (Wildman–Crippen LogP) is 2.18. The van der Waals surface area contributed by atoms with E-state index in [1.165, 1.54) is 12.1 Å². The van der Waals surface area contributed by atoms with Gasteiger partial charge in [-0.2, -0.15) is 0 Å². The van der Waals surface area contributed by atoms with Gasteiger partial charge < -0.3 is 5.11 Å². The highest BCUT2D eigenvalue weighted by molar-refractivity contribution is 6.32. The van der Waals surface area contributed by atoms with Crippen LogP contribution in [0.1, 0.15) is 11.1 Å². The van der Waals surface area contributed by atoms with Gasteiger partial charge in [-0.05, 0) is 24.1 Å². The number of carbonyl (C=O) groups is 1. The number of hydrogen-bond donors (Lipinski definition) is 1. The van der Waals surface area contributed by atoms with E-state index in [1.54, 1.807) is 6.92 Å². The lowest BCUT2D eigenvalue weighted by Crippen LogP contribution is -2.03. The maximum Gasteiger partial charge on any atom is 0.307 e. The van der Waals surface area contributed by atoms with Crippen LogP contribution in [-0.2, 0) is 11.2 Å². The van der Waals surface area contributed by atoms with Crippen LogP contribution in [0.2, 0.25) is 5.02 Å². The van der Waals surface area contributed by atoms with Crippen LogP contribution >= 0.6 is 11.6 Å². The number of benzene rings is 1. The van der Waals surface area contributed by atoms with Gasteiger partial charge in [0.1, 0.15) is 5.02 Å². The zero-order chi connectivity index (χ0) is 11.6. The van der Waals surface area contributed by atoms with Crippen molar-refractivity contribution in [1.29, 1.82) is 0 Å². The van der Waals surface area contributed by atoms with Gasteiger partial charge in [0.25, 0.3) is 5.69 Å². The number of hydrogen-bond acceptors (Lipinski definition) is 3. The normalized spacial score (nSPS) is 10.0. The summed E-state index contributed by atoms with van der Waals surface area (Å²) in [4.78, 5) is 20.4. The quantitative estimate of drug-likeness (QED) is 0.636. The molecule has 0 bridgehead atoms. The summed E-state index contributed by atoms with van der Waals surface area (Å²) in [6, 6.07) is 2.60. The van der Waals surface area contributed by atoms with Crippen LogP contribution in [-0.4, -0.2) is 16.0 Å². The monoisotopic (exact) mass is 229 g/mol. The first-order valence-corrected chi connectivity index (χ1v) is 4.45. The Balaban J connectivity index is 3.19. The van der Waals surface area contributed by atoms with Gasteiger partial charge in [0.05, 0.1) is 11.3 Å². The molecule has 5 nitrogen and oxygen atoms in total. The van der Waals surface area contributed by atoms with Crippen LogP contribution in [0, 0.1) is 17.0 Å². The van der Waals surface area contributed by atoms with E-state index in [4.69, 9.17) is 16.7 Å². The fourth-order valence-electron chi connectivity index (χ4n) is 1.20. The maximum atomic E-state index is 10.5. The molecular formula is C9H8ClNO4. The second kappa shape index (κ2) is 4.27. The molecule has 0 spiro atoms. The number of carboxylic acid groups (broad SMARTS) is 1. The largest absolute Gasteiger partial charge is 0.481 e. The Hall–Kier alpha value is -1.62. The van der Waals surface area contributed by atoms with Crippen molar-refractivity contribution in [1.82, 2.24) is 0 Å². The summed E-state index contributed by atoms with van der Waals surface area (Å²) >= 11 is 5.65. The number of aliphatic carboxylic acids is 1. The first-order chi connectivity index (χ1) is 6.91. The minimum Gasteiger partial charge on any atom is -0.481 e. The molecule has 0 aliphatic heterocycles. The van der Waals surface area contributed by atoms with Gasteiger partial charge in [-0.3, -0.25) is 14.9 Å². The lowest BCUT2D eigenvalue weighted by atomic mass is 10.1. The molecule has 0 aromatic heterocycles. The standard InChI is InChI=1S/C9H8ClNO4/c1-5-2-8(11(14)15)7(10)3-6(5)4-9(12)13/h2-3H,4H2,1H3,(H,12,13). The fourth-order valence-corrected chi connectivity index (χ4v) is 1.46. The molecule has 1 N–H and O–H groups in total. The molecule has 0 saturated heterocycles. The third-order valence-electron chi connectivity index (χ3n) is 1.94. The Kier molecular flexibility index (Phi) is 3.26. The molecule has 0 aliphatic carbocycles. The highest BCUT2D eigenvalue weighted by atomic mass is 35.5. The molecule has 1 rings (SSSR count). The van der Waals surface area contributed by atoms with Crippen molar-refractivity contribution in [2.75, 3.05) is 0 Å². The van der Waals surface area contributed by atoms with Crippen LogP contribution in [0.5, 0.6) is 0 Å². The Morgan fingerprint density at radius 3 is 2.67 bits per heavy atom. The van der Waals surface area contributed by atoms with Gasteiger partial charge in [0.15, 0.2) is 0 Å². The Labute approximate surface area is 90.4 Å². The molecule has 0 fully saturated rings. The Bertz CT molecular complexity index is 430. The first-order valence-electron chi connectivity index (χ1n) is 4.07. The second-order valence-electron chi connectivity index (χ2n) is 3.06. The number of nitro groups is 1. The maximum absolute atomic E-state index is 10.5. The molecule has 0 heterocycles. The first kappa shape index (κ1) is 11.5. The zero-order valence-corrected chi connectivity index (χ0v) is 8.61. The van der Waals surface area contributed by atoms with Gasteiger partial charge in [-0.15, -0.1) is 0 Å². The van der Waals surface area contributed by atoms with Gasteiger partial charge in [0.2, 0.25) is 0 Å². The van der Waals surface area contributed by atoms with Crippen molar-refractivity contribution in [3.8, 4) is 0 Å². The molecule has 0 aliphatic rings. The van der Waals surface area contributed by atoms with Crippen molar-refractivity contribution >= 4 is 23.3 Å². The molecule has 6 heteroatoms. The molecule has 0 atom stereocenters. The minimum atomic E-state index is -0.997. The summed E-state index contributed by atoms with van der Waals surface area (Å²) in [6.45, 7) is 1.61. The molecule has 15 heavy (non-hydrogen) atoms. The van der Waals surface area contributed by atoms with Gasteiger partial charge in [-0.1, -0.05) is 11.6 Å². The van der Waals surface area contributed by atoms with E-state index in [9.17, 15) is 14.9 Å². The highest BCUT2D eigenvalue weighted by Gasteiger charge is 2.15. The van der Waals surface area contributed by atoms with E-state index in [-0.39, 0.29) is 17.1 Å². The average molecular weight is 230 g/mol. The summed E-state index contributed by atoms with van der Waals surface area (Å²) in [5, 5.41) is 19.1. The molecule has 1 aromatic rings. The fraction of sp³-hybridized carbons (Fsp3) is 0.222. The average Bonchev–Trinajstić information content (AvgIpc) is 2.09. The molecule has 80 valence electrons. The smallest absolute Gasteiger partial charge is 0.307 e. The number of rotatable bonds is 3. The number of nitro benzene ring substituents is 1. The molecule has 0 amide bonds. The van der Waals surface area contributed by atoms with Crippen molar-refractivity contribution in [3.63, 3.8) is 0 Å². The van der Waals surface area contributed by atoms with E-state index in [0.717, 1.165) is 0 Å². The molecule has 0 unspecified atom stereocenters. The number of carboxylic acids is 1. The molecular weight excluding hydrogens is 222 g/mol. The van der Waals surface area contributed by atoms with Crippen LogP contribution in [0.3, 0.4) is 0 Å². The SMILES string of the molecule is Cc1cc([N+](=O)[O-])c(Cl)cc1CC(=O)O. The lowest BCUT2D eigenvalue weighted by molar-refractivity contribution is -0.384. The number of nitrogens with zero attached hydrogens (tertiary/aromatic N) is 1. The summed E-state index contributed by atoms with van der Waals surface area (Å²) in [6.07, 6.45) is -0.191. The number of aryl methyl sites for hydroxylation is 1. The summed E-state index contributed by atoms with van der Waals surface area (Å²) in [5.74, 6) is -0.997. The van der Waals surface area contributed by atoms with Gasteiger partial charge in [-0.25, -0.2) is 0 Å². The van der Waals surface area contributed by atoms with Crippen molar-refractivity contribution in [2.24, 2.45) is 0 Å². The van der Waals surface area contributed by atoms with E-state index in [2.05, 4.69) is 0 Å². The van der Waals surface area contributed by atoms with E-state index < -0.39 is 10.9 Å². The zero-order valence-electron chi connectivity index (χ0n) is 7.86. The van der Waals surface area contributed by atoms with E-state index >= 15 is 0 Å². The van der Waals surface area contributed by atoms with Crippen LogP contribution in [0.4, 0.5) is 5.69 Å². The van der Waals surface area contributed by atoms with Crippen LogP contribution in [0.25, 0.3) is 0 Å². The summed E-state index contributed by atoms with van der Waals surface area (Å²) < 4.78 is 0. The van der Waals surface area contributed by atoms with Gasteiger partial charge in [0, 0.05) is 6.07 Å². The lowest BCUT2D eigenvalue weighted by Gasteiger charge is -2.04. The van der Waals surface area contributed by atoms with Crippen LogP contribution < -0.4 is 0 Å². The van der Waals surface area contributed by atoms with E-state index in [0.29, 0.717) is 11.1 Å². The van der Waals surface area contributed by atoms with E-state index in [1.807, 2.05) is 0 Å². The Morgan fingerprint density at radius 2 is 2.20 bits per heavy atom. The number of halogens is 1.